The Hall–Kier alpha value is -4.16. The van der Waals surface area contributed by atoms with E-state index in [1.54, 1.807) is 43.3 Å². The van der Waals surface area contributed by atoms with Crippen LogP contribution in [0, 0.1) is 0 Å². The summed E-state index contributed by atoms with van der Waals surface area (Å²) < 4.78 is 66.2. The number of imidazole rings is 1. The van der Waals surface area contributed by atoms with E-state index in [4.69, 9.17) is 5.73 Å². The molecule has 1 aliphatic heterocycles. The second kappa shape index (κ2) is 7.93. The van der Waals surface area contributed by atoms with Crippen LogP contribution in [0.1, 0.15) is 30.3 Å². The average molecular weight is 503 g/mol. The maximum Gasteiger partial charge on any atom is 0.453 e. The molecule has 0 spiro atoms. The van der Waals surface area contributed by atoms with Crippen molar-refractivity contribution in [2.24, 2.45) is 0 Å². The average Bonchev–Trinajstić information content (AvgIpc) is 3.33. The summed E-state index contributed by atoms with van der Waals surface area (Å²) >= 11 is 0. The number of nitrogens with two attached hydrogens (primary N) is 1. The second-order valence-corrected chi connectivity index (χ2v) is 8.50. The number of nitrogens with one attached hydrogen (secondary N) is 1. The lowest BCUT2D eigenvalue weighted by Crippen LogP contribution is -2.36. The molecule has 3 N–H and O–H groups in total. The van der Waals surface area contributed by atoms with Crippen molar-refractivity contribution in [2.45, 2.75) is 37.3 Å². The van der Waals surface area contributed by atoms with E-state index in [9.17, 15) is 26.7 Å². The summed E-state index contributed by atoms with van der Waals surface area (Å²) in [5.74, 6) is -5.28. The quantitative estimate of drug-likeness (QED) is 0.396. The van der Waals surface area contributed by atoms with Crippen molar-refractivity contribution in [1.29, 1.82) is 0 Å². The standard InChI is InChI=1S/C23H18F5N7O/c1-21(12-6-3-2-4-7-12)15-17(29)32-19(33-18(15)34-20(21)36)16-13-8-5-11-30-35(13)14(31-16)9-10-22(24,25)23(26,27)28/h2-8,11H,9-10H2,1H3,(H3,29,32,33,34,36). The zero-order chi connectivity index (χ0) is 25.9. The van der Waals surface area contributed by atoms with E-state index in [0.29, 0.717) is 11.1 Å². The van der Waals surface area contributed by atoms with Crippen molar-refractivity contribution >= 4 is 23.1 Å². The van der Waals surface area contributed by atoms with Gasteiger partial charge < -0.3 is 11.1 Å². The van der Waals surface area contributed by atoms with Gasteiger partial charge in [-0.05, 0) is 24.6 Å². The van der Waals surface area contributed by atoms with Gasteiger partial charge in [-0.1, -0.05) is 30.3 Å². The highest BCUT2D eigenvalue weighted by atomic mass is 19.4. The van der Waals surface area contributed by atoms with Gasteiger partial charge in [0.2, 0.25) is 5.91 Å². The highest BCUT2D eigenvalue weighted by molar-refractivity contribution is 6.09. The number of halogens is 5. The first-order valence-electron chi connectivity index (χ1n) is 10.8. The Bertz CT molecular complexity index is 1490. The highest BCUT2D eigenvalue weighted by Crippen LogP contribution is 2.45. The number of carbonyl (C=O) groups is 1. The van der Waals surface area contributed by atoms with Gasteiger partial charge in [0.25, 0.3) is 0 Å². The number of benzene rings is 1. The summed E-state index contributed by atoms with van der Waals surface area (Å²) in [5.41, 5.74) is 6.51. The predicted octanol–water partition coefficient (Wildman–Crippen LogP) is 4.16. The summed E-state index contributed by atoms with van der Waals surface area (Å²) in [6, 6.07) is 12.0. The van der Waals surface area contributed by atoms with Crippen molar-refractivity contribution in [3.05, 3.63) is 65.6 Å². The zero-order valence-corrected chi connectivity index (χ0v) is 18.6. The lowest BCUT2D eigenvalue weighted by Gasteiger charge is -2.23. The van der Waals surface area contributed by atoms with Crippen LogP contribution in [0.25, 0.3) is 17.0 Å². The molecule has 1 unspecified atom stereocenters. The fourth-order valence-electron chi connectivity index (χ4n) is 4.29. The molecule has 13 heteroatoms. The number of hydrogen-bond acceptors (Lipinski definition) is 6. The Labute approximate surface area is 200 Å². The third-order valence-corrected chi connectivity index (χ3v) is 6.24. The molecule has 1 aromatic carbocycles. The number of fused-ring (bicyclic) bond motifs is 2. The van der Waals surface area contributed by atoms with Crippen LogP contribution < -0.4 is 11.1 Å². The minimum atomic E-state index is -5.68. The number of aryl methyl sites for hydroxylation is 1. The molecule has 0 bridgehead atoms. The fourth-order valence-corrected chi connectivity index (χ4v) is 4.29. The predicted molar refractivity (Wildman–Crippen MR) is 119 cm³/mol. The monoisotopic (exact) mass is 503 g/mol. The number of anilines is 2. The molecule has 1 atom stereocenters. The van der Waals surface area contributed by atoms with Crippen LogP contribution >= 0.6 is 0 Å². The first kappa shape index (κ1) is 23.6. The molecule has 0 fully saturated rings. The molecule has 1 amide bonds. The van der Waals surface area contributed by atoms with Crippen molar-refractivity contribution in [2.75, 3.05) is 11.1 Å². The molecule has 3 aromatic heterocycles. The molecule has 0 radical (unpaired) electrons. The number of aromatic nitrogens is 5. The van der Waals surface area contributed by atoms with Crippen LogP contribution in [0.4, 0.5) is 33.6 Å². The first-order chi connectivity index (χ1) is 16.9. The van der Waals surface area contributed by atoms with Gasteiger partial charge in [0.05, 0.1) is 11.1 Å². The molecule has 8 nitrogen and oxygen atoms in total. The molecule has 1 aliphatic rings. The Morgan fingerprint density at radius 3 is 2.44 bits per heavy atom. The van der Waals surface area contributed by atoms with E-state index in [1.807, 2.05) is 6.07 Å². The van der Waals surface area contributed by atoms with Crippen molar-refractivity contribution in [3.8, 4) is 11.5 Å². The number of hydrogen-bond donors (Lipinski definition) is 2. The van der Waals surface area contributed by atoms with Crippen LogP contribution in [0.15, 0.2) is 48.7 Å². The van der Waals surface area contributed by atoms with Gasteiger partial charge >= 0.3 is 12.1 Å². The van der Waals surface area contributed by atoms with Crippen LogP contribution in [0.3, 0.4) is 0 Å². The molecule has 4 heterocycles. The topological polar surface area (TPSA) is 111 Å². The summed E-state index contributed by atoms with van der Waals surface area (Å²) in [7, 11) is 0. The molecule has 0 aliphatic carbocycles. The Balaban J connectivity index is 1.58. The Morgan fingerprint density at radius 1 is 1.03 bits per heavy atom. The number of rotatable bonds is 5. The van der Waals surface area contributed by atoms with Crippen LogP contribution in [0.5, 0.6) is 0 Å². The summed E-state index contributed by atoms with van der Waals surface area (Å²) in [5, 5.41) is 6.74. The SMILES string of the molecule is CC1(c2ccccc2)C(=O)Nc2nc(-c3nc(CCC(F)(F)C(F)(F)F)n4ncccc34)nc(N)c21. The van der Waals surface area contributed by atoms with E-state index >= 15 is 0 Å². The zero-order valence-electron chi connectivity index (χ0n) is 18.6. The van der Waals surface area contributed by atoms with Gasteiger partial charge in [0, 0.05) is 19.0 Å². The summed E-state index contributed by atoms with van der Waals surface area (Å²) in [4.78, 5) is 26.0. The van der Waals surface area contributed by atoms with Crippen molar-refractivity contribution in [1.82, 2.24) is 24.6 Å². The van der Waals surface area contributed by atoms with Gasteiger partial charge in [-0.2, -0.15) is 27.1 Å². The minimum absolute atomic E-state index is 0.00472. The minimum Gasteiger partial charge on any atom is -0.383 e. The Kier molecular flexibility index (Phi) is 5.19. The fraction of sp³-hybridized carbons (Fsp3) is 0.261. The van der Waals surface area contributed by atoms with E-state index in [0.717, 1.165) is 4.52 Å². The number of alkyl halides is 5. The van der Waals surface area contributed by atoms with E-state index < -0.39 is 30.4 Å². The highest BCUT2D eigenvalue weighted by Gasteiger charge is 2.56. The normalized spacial score (nSPS) is 17.9. The lowest BCUT2D eigenvalue weighted by atomic mass is 9.78. The van der Waals surface area contributed by atoms with Crippen LogP contribution in [-0.2, 0) is 16.6 Å². The smallest absolute Gasteiger partial charge is 0.383 e. The van der Waals surface area contributed by atoms with Gasteiger partial charge in [-0.25, -0.2) is 19.5 Å². The van der Waals surface area contributed by atoms with Crippen molar-refractivity contribution < 1.29 is 26.7 Å². The van der Waals surface area contributed by atoms with Crippen LogP contribution in [0.2, 0.25) is 0 Å². The number of carbonyl (C=O) groups excluding carboxylic acids is 1. The molecule has 4 aromatic rings. The molecular formula is C23H18F5N7O. The first-order valence-corrected chi connectivity index (χ1v) is 10.8. The largest absolute Gasteiger partial charge is 0.453 e. The summed E-state index contributed by atoms with van der Waals surface area (Å²) in [6.07, 6.45) is -6.57. The van der Waals surface area contributed by atoms with E-state index in [-0.39, 0.29) is 40.4 Å². The van der Waals surface area contributed by atoms with E-state index in [1.165, 1.54) is 6.20 Å². The Morgan fingerprint density at radius 2 is 1.75 bits per heavy atom. The van der Waals surface area contributed by atoms with E-state index in [2.05, 4.69) is 25.4 Å². The molecule has 0 saturated carbocycles. The number of nitrogen functional groups attached to an aromatic ring is 1. The third-order valence-electron chi connectivity index (χ3n) is 6.24. The molecule has 186 valence electrons. The number of amides is 1. The molecule has 0 saturated heterocycles. The molecule has 5 rings (SSSR count). The molecule has 36 heavy (non-hydrogen) atoms. The van der Waals surface area contributed by atoms with Crippen molar-refractivity contribution in [3.63, 3.8) is 0 Å². The van der Waals surface area contributed by atoms with Gasteiger partial charge in [-0.15, -0.1) is 0 Å². The lowest BCUT2D eigenvalue weighted by molar-refractivity contribution is -0.284. The molecular weight excluding hydrogens is 485 g/mol. The van der Waals surface area contributed by atoms with Gasteiger partial charge in [0.15, 0.2) is 5.82 Å². The third kappa shape index (κ3) is 3.53. The van der Waals surface area contributed by atoms with Gasteiger partial charge in [-0.3, -0.25) is 4.79 Å². The van der Waals surface area contributed by atoms with Gasteiger partial charge in [0.1, 0.15) is 28.6 Å². The van der Waals surface area contributed by atoms with Crippen LogP contribution in [-0.4, -0.2) is 42.6 Å². The second-order valence-electron chi connectivity index (χ2n) is 8.50. The number of nitrogens with zero attached hydrogens (tertiary/aromatic N) is 5. The maximum absolute atomic E-state index is 13.5. The maximum atomic E-state index is 13.5. The summed E-state index contributed by atoms with van der Waals surface area (Å²) in [6.45, 7) is 1.69.